The number of benzene rings is 2. The number of aliphatic carboxylic acids is 1. The summed E-state index contributed by atoms with van der Waals surface area (Å²) in [5.41, 5.74) is 1.87. The second-order valence-corrected chi connectivity index (χ2v) is 6.41. The van der Waals surface area contributed by atoms with Gasteiger partial charge in [-0.25, -0.2) is 0 Å². The van der Waals surface area contributed by atoms with E-state index in [0.717, 1.165) is 5.56 Å². The van der Waals surface area contributed by atoms with Crippen LogP contribution in [0.2, 0.25) is 0 Å². The van der Waals surface area contributed by atoms with Crippen molar-refractivity contribution in [2.24, 2.45) is 0 Å². The van der Waals surface area contributed by atoms with E-state index in [-0.39, 0.29) is 24.8 Å². The summed E-state index contributed by atoms with van der Waals surface area (Å²) in [6, 6.07) is 16.0. The molecule has 0 heterocycles. The molecular formula is C22H24O5. The average Bonchev–Trinajstić information content (AvgIpc) is 2.69. The van der Waals surface area contributed by atoms with Crippen LogP contribution in [0, 0.1) is 0 Å². The Morgan fingerprint density at radius 1 is 0.926 bits per heavy atom. The molecule has 5 nitrogen and oxygen atoms in total. The van der Waals surface area contributed by atoms with Gasteiger partial charge >= 0.3 is 11.9 Å². The van der Waals surface area contributed by atoms with Gasteiger partial charge in [-0.05, 0) is 37.8 Å². The second kappa shape index (κ2) is 10.3. The molecule has 2 aromatic rings. The fourth-order valence-corrected chi connectivity index (χ4v) is 2.69. The first kappa shape index (κ1) is 20.4. The zero-order valence-corrected chi connectivity index (χ0v) is 15.4. The van der Waals surface area contributed by atoms with Crippen molar-refractivity contribution >= 4 is 17.7 Å². The maximum atomic E-state index is 12.6. The van der Waals surface area contributed by atoms with Crippen LogP contribution in [0.3, 0.4) is 0 Å². The quantitative estimate of drug-likeness (QED) is 0.386. The van der Waals surface area contributed by atoms with Crippen LogP contribution in [-0.4, -0.2) is 29.4 Å². The van der Waals surface area contributed by atoms with Crippen LogP contribution in [0.15, 0.2) is 54.6 Å². The van der Waals surface area contributed by atoms with Gasteiger partial charge in [-0.2, -0.15) is 0 Å². The summed E-state index contributed by atoms with van der Waals surface area (Å²) in [5, 5.41) is 8.58. The van der Waals surface area contributed by atoms with Crippen molar-refractivity contribution in [3.8, 4) is 0 Å². The van der Waals surface area contributed by atoms with Crippen molar-refractivity contribution < 1.29 is 24.2 Å². The number of hydrogen-bond acceptors (Lipinski definition) is 4. The number of hydrogen-bond donors (Lipinski definition) is 1. The summed E-state index contributed by atoms with van der Waals surface area (Å²) in [7, 11) is 0. The molecule has 1 atom stereocenters. The third-order valence-corrected chi connectivity index (χ3v) is 4.32. The van der Waals surface area contributed by atoms with Crippen LogP contribution in [0.4, 0.5) is 0 Å². The van der Waals surface area contributed by atoms with E-state index in [9.17, 15) is 14.4 Å². The Balaban J connectivity index is 1.90. The Bertz CT molecular complexity index is 782. The molecule has 0 aliphatic rings. The monoisotopic (exact) mass is 368 g/mol. The van der Waals surface area contributed by atoms with Gasteiger partial charge in [0, 0.05) is 17.5 Å². The fourth-order valence-electron chi connectivity index (χ4n) is 2.69. The van der Waals surface area contributed by atoms with Gasteiger partial charge in [0.2, 0.25) is 0 Å². The van der Waals surface area contributed by atoms with E-state index in [4.69, 9.17) is 9.84 Å². The SMILES string of the molecule is C[C@@H](C(=O)OCCCCCC(=O)O)c1cccc(C(=O)c2ccccc2)c1. The summed E-state index contributed by atoms with van der Waals surface area (Å²) >= 11 is 0. The Hall–Kier alpha value is -2.95. The number of esters is 1. The van der Waals surface area contributed by atoms with Crippen molar-refractivity contribution in [3.63, 3.8) is 0 Å². The van der Waals surface area contributed by atoms with E-state index >= 15 is 0 Å². The summed E-state index contributed by atoms with van der Waals surface area (Å²) in [6.07, 6.45) is 2.05. The molecule has 0 radical (unpaired) electrons. The zero-order valence-electron chi connectivity index (χ0n) is 15.4. The van der Waals surface area contributed by atoms with E-state index in [0.29, 0.717) is 30.4 Å². The molecule has 27 heavy (non-hydrogen) atoms. The summed E-state index contributed by atoms with van der Waals surface area (Å²) in [4.78, 5) is 35.2. The third kappa shape index (κ3) is 6.37. The second-order valence-electron chi connectivity index (χ2n) is 6.41. The lowest BCUT2D eigenvalue weighted by atomic mass is 9.96. The maximum Gasteiger partial charge on any atom is 0.313 e. The summed E-state index contributed by atoms with van der Waals surface area (Å²) in [5.74, 6) is -1.73. The van der Waals surface area contributed by atoms with E-state index in [1.54, 1.807) is 43.3 Å². The van der Waals surface area contributed by atoms with Gasteiger partial charge in [-0.3, -0.25) is 14.4 Å². The lowest BCUT2D eigenvalue weighted by molar-refractivity contribution is -0.145. The Kier molecular flexibility index (Phi) is 7.74. The topological polar surface area (TPSA) is 80.7 Å². The first-order valence-electron chi connectivity index (χ1n) is 9.07. The van der Waals surface area contributed by atoms with Gasteiger partial charge < -0.3 is 9.84 Å². The number of carbonyl (C=O) groups is 3. The molecule has 142 valence electrons. The molecule has 0 aromatic heterocycles. The number of rotatable bonds is 10. The lowest BCUT2D eigenvalue weighted by Crippen LogP contribution is -2.14. The minimum atomic E-state index is -0.814. The predicted octanol–water partition coefficient (Wildman–Crippen LogP) is 4.21. The molecule has 0 aliphatic carbocycles. The van der Waals surface area contributed by atoms with Crippen molar-refractivity contribution in [1.82, 2.24) is 0 Å². The van der Waals surface area contributed by atoms with E-state index in [1.165, 1.54) is 0 Å². The molecule has 0 amide bonds. The van der Waals surface area contributed by atoms with E-state index < -0.39 is 11.9 Å². The van der Waals surface area contributed by atoms with Crippen LogP contribution in [0.1, 0.15) is 60.0 Å². The first-order chi connectivity index (χ1) is 13.0. The van der Waals surface area contributed by atoms with Gasteiger partial charge in [-0.15, -0.1) is 0 Å². The number of ether oxygens (including phenoxy) is 1. The third-order valence-electron chi connectivity index (χ3n) is 4.32. The molecular weight excluding hydrogens is 344 g/mol. The largest absolute Gasteiger partial charge is 0.481 e. The molecule has 0 fully saturated rings. The molecule has 0 saturated carbocycles. The highest BCUT2D eigenvalue weighted by Crippen LogP contribution is 2.20. The molecule has 1 N–H and O–H groups in total. The smallest absolute Gasteiger partial charge is 0.313 e. The van der Waals surface area contributed by atoms with Gasteiger partial charge in [0.25, 0.3) is 0 Å². The van der Waals surface area contributed by atoms with Crippen molar-refractivity contribution in [1.29, 1.82) is 0 Å². The summed E-state index contributed by atoms with van der Waals surface area (Å²) < 4.78 is 5.28. The van der Waals surface area contributed by atoms with E-state index in [2.05, 4.69) is 0 Å². The fraction of sp³-hybridized carbons (Fsp3) is 0.318. The lowest BCUT2D eigenvalue weighted by Gasteiger charge is -2.13. The minimum Gasteiger partial charge on any atom is -0.481 e. The highest BCUT2D eigenvalue weighted by atomic mass is 16.5. The van der Waals surface area contributed by atoms with Crippen molar-refractivity contribution in [3.05, 3.63) is 71.3 Å². The number of unbranched alkanes of at least 4 members (excludes halogenated alkanes) is 2. The van der Waals surface area contributed by atoms with Crippen LogP contribution in [-0.2, 0) is 14.3 Å². The molecule has 2 aromatic carbocycles. The van der Waals surface area contributed by atoms with Gasteiger partial charge in [0.05, 0.1) is 12.5 Å². The van der Waals surface area contributed by atoms with Crippen molar-refractivity contribution in [2.75, 3.05) is 6.61 Å². The number of carboxylic acid groups (broad SMARTS) is 1. The minimum absolute atomic E-state index is 0.0866. The van der Waals surface area contributed by atoms with Crippen molar-refractivity contribution in [2.45, 2.75) is 38.5 Å². The zero-order chi connectivity index (χ0) is 19.6. The highest BCUT2D eigenvalue weighted by Gasteiger charge is 2.18. The maximum absolute atomic E-state index is 12.6. The Labute approximate surface area is 159 Å². The highest BCUT2D eigenvalue weighted by molar-refractivity contribution is 6.09. The Morgan fingerprint density at radius 2 is 1.63 bits per heavy atom. The van der Waals surface area contributed by atoms with Crippen LogP contribution >= 0.6 is 0 Å². The average molecular weight is 368 g/mol. The Morgan fingerprint density at radius 3 is 2.33 bits per heavy atom. The molecule has 0 unspecified atom stereocenters. The summed E-state index contributed by atoms with van der Waals surface area (Å²) in [6.45, 7) is 2.02. The van der Waals surface area contributed by atoms with Gasteiger partial charge in [0.1, 0.15) is 0 Å². The van der Waals surface area contributed by atoms with Gasteiger partial charge in [-0.1, -0.05) is 48.5 Å². The van der Waals surface area contributed by atoms with Gasteiger partial charge in [0.15, 0.2) is 5.78 Å². The number of ketones is 1. The first-order valence-corrected chi connectivity index (χ1v) is 9.07. The van der Waals surface area contributed by atoms with Crippen LogP contribution in [0.5, 0.6) is 0 Å². The van der Waals surface area contributed by atoms with Crippen LogP contribution in [0.25, 0.3) is 0 Å². The molecule has 0 bridgehead atoms. The normalized spacial score (nSPS) is 11.6. The van der Waals surface area contributed by atoms with E-state index in [1.807, 2.05) is 18.2 Å². The number of carboxylic acids is 1. The number of carbonyl (C=O) groups excluding carboxylic acids is 2. The molecule has 5 heteroatoms. The molecule has 0 spiro atoms. The molecule has 2 rings (SSSR count). The molecule has 0 saturated heterocycles. The predicted molar refractivity (Wildman–Crippen MR) is 102 cm³/mol. The molecule has 0 aliphatic heterocycles. The standard InChI is InChI=1S/C22H24O5/c1-16(22(26)27-14-7-3-6-13-20(23)24)18-11-8-12-19(15-18)21(25)17-9-4-2-5-10-17/h2,4-5,8-12,15-16H,3,6-7,13-14H2,1H3,(H,23,24)/t16-/m1/s1. The van der Waals surface area contributed by atoms with Crippen LogP contribution < -0.4 is 0 Å².